The fourth-order valence-corrected chi connectivity index (χ4v) is 1.97. The van der Waals surface area contributed by atoms with Crippen molar-refractivity contribution in [3.05, 3.63) is 42.5 Å². The second-order valence-corrected chi connectivity index (χ2v) is 5.07. The average Bonchev–Trinajstić information content (AvgIpc) is 2.52. The third-order valence-electron chi connectivity index (χ3n) is 3.24. The van der Waals surface area contributed by atoms with Crippen LogP contribution in [-0.2, 0) is 16.1 Å². The number of hydrogen-bond donors (Lipinski definition) is 0. The van der Waals surface area contributed by atoms with Gasteiger partial charge in [-0.25, -0.2) is 4.79 Å². The molecule has 21 heavy (non-hydrogen) atoms. The Labute approximate surface area is 128 Å². The Morgan fingerprint density at radius 2 is 1.76 bits per heavy atom. The third kappa shape index (κ3) is 8.18. The summed E-state index contributed by atoms with van der Waals surface area (Å²) in [7, 11) is 0. The lowest BCUT2D eigenvalue weighted by Crippen LogP contribution is -2.00. The molecule has 0 radical (unpaired) electrons. The Kier molecular flexibility index (Phi) is 9.01. The number of rotatable bonds is 11. The standard InChI is InChI=1S/C18H26O3/c1-3-5-6-7-8-9-14-20-17-12-10-16(11-13-17)15-21-18(19)4-2/h4,10-13H,2-3,5-9,14-15H2,1H3. The first-order valence-electron chi connectivity index (χ1n) is 7.77. The minimum atomic E-state index is -0.404. The molecule has 0 atom stereocenters. The van der Waals surface area contributed by atoms with Crippen LogP contribution >= 0.6 is 0 Å². The van der Waals surface area contributed by atoms with Crippen LogP contribution < -0.4 is 4.74 Å². The van der Waals surface area contributed by atoms with Gasteiger partial charge >= 0.3 is 5.97 Å². The van der Waals surface area contributed by atoms with E-state index in [9.17, 15) is 4.79 Å². The van der Waals surface area contributed by atoms with Crippen LogP contribution in [0.5, 0.6) is 5.75 Å². The Hall–Kier alpha value is -1.77. The zero-order valence-electron chi connectivity index (χ0n) is 13.0. The van der Waals surface area contributed by atoms with Crippen molar-refractivity contribution in [3.63, 3.8) is 0 Å². The number of carbonyl (C=O) groups excluding carboxylic acids is 1. The average molecular weight is 290 g/mol. The first kappa shape index (κ1) is 17.3. The van der Waals surface area contributed by atoms with Gasteiger partial charge in [0.2, 0.25) is 0 Å². The molecule has 0 aliphatic rings. The zero-order valence-corrected chi connectivity index (χ0v) is 13.0. The lowest BCUT2D eigenvalue weighted by atomic mass is 10.1. The third-order valence-corrected chi connectivity index (χ3v) is 3.24. The molecule has 0 bridgehead atoms. The van der Waals surface area contributed by atoms with Crippen molar-refractivity contribution in [1.29, 1.82) is 0 Å². The number of benzene rings is 1. The molecule has 1 aromatic rings. The van der Waals surface area contributed by atoms with Gasteiger partial charge in [0.05, 0.1) is 6.61 Å². The first-order valence-corrected chi connectivity index (χ1v) is 7.77. The molecule has 0 unspecified atom stereocenters. The molecule has 0 fully saturated rings. The van der Waals surface area contributed by atoms with Crippen LogP contribution in [0.1, 0.15) is 51.0 Å². The highest BCUT2D eigenvalue weighted by atomic mass is 16.5. The summed E-state index contributed by atoms with van der Waals surface area (Å²) >= 11 is 0. The van der Waals surface area contributed by atoms with Crippen molar-refractivity contribution in [2.45, 2.75) is 52.1 Å². The quantitative estimate of drug-likeness (QED) is 0.338. The maximum absolute atomic E-state index is 11.0. The van der Waals surface area contributed by atoms with Crippen LogP contribution in [0.4, 0.5) is 0 Å². The van der Waals surface area contributed by atoms with Gasteiger partial charge in [0, 0.05) is 6.08 Å². The van der Waals surface area contributed by atoms with E-state index in [1.807, 2.05) is 24.3 Å². The summed E-state index contributed by atoms with van der Waals surface area (Å²) in [6.45, 7) is 6.61. The van der Waals surface area contributed by atoms with E-state index in [0.717, 1.165) is 30.4 Å². The Balaban J connectivity index is 2.16. The van der Waals surface area contributed by atoms with Crippen LogP contribution in [0.15, 0.2) is 36.9 Å². The molecule has 0 saturated heterocycles. The van der Waals surface area contributed by atoms with Gasteiger partial charge < -0.3 is 9.47 Å². The van der Waals surface area contributed by atoms with Gasteiger partial charge in [0.1, 0.15) is 12.4 Å². The summed E-state index contributed by atoms with van der Waals surface area (Å²) in [6, 6.07) is 7.64. The normalized spacial score (nSPS) is 10.1. The van der Waals surface area contributed by atoms with Gasteiger partial charge in [-0.2, -0.15) is 0 Å². The monoisotopic (exact) mass is 290 g/mol. The molecule has 0 aromatic heterocycles. The summed E-state index contributed by atoms with van der Waals surface area (Å²) in [4.78, 5) is 11.0. The summed E-state index contributed by atoms with van der Waals surface area (Å²) in [5.74, 6) is 0.459. The van der Waals surface area contributed by atoms with Crippen molar-refractivity contribution in [2.75, 3.05) is 6.61 Å². The number of esters is 1. The van der Waals surface area contributed by atoms with Crippen molar-refractivity contribution in [2.24, 2.45) is 0 Å². The van der Waals surface area contributed by atoms with E-state index in [0.29, 0.717) is 0 Å². The first-order chi connectivity index (χ1) is 10.3. The molecule has 0 spiro atoms. The summed E-state index contributed by atoms with van der Waals surface area (Å²) in [6.07, 6.45) is 8.74. The smallest absolute Gasteiger partial charge is 0.330 e. The summed E-state index contributed by atoms with van der Waals surface area (Å²) in [5.41, 5.74) is 0.942. The van der Waals surface area contributed by atoms with Crippen molar-refractivity contribution >= 4 is 5.97 Å². The number of ether oxygens (including phenoxy) is 2. The predicted octanol–water partition coefficient (Wildman–Crippen LogP) is 4.66. The highest BCUT2D eigenvalue weighted by Crippen LogP contribution is 2.14. The van der Waals surface area contributed by atoms with Gasteiger partial charge in [0.25, 0.3) is 0 Å². The van der Waals surface area contributed by atoms with E-state index in [1.54, 1.807) is 0 Å². The molecule has 1 aromatic carbocycles. The van der Waals surface area contributed by atoms with Crippen LogP contribution in [0, 0.1) is 0 Å². The van der Waals surface area contributed by atoms with E-state index in [2.05, 4.69) is 13.5 Å². The highest BCUT2D eigenvalue weighted by molar-refractivity contribution is 5.81. The van der Waals surface area contributed by atoms with E-state index in [-0.39, 0.29) is 6.61 Å². The topological polar surface area (TPSA) is 35.5 Å². The molecule has 0 saturated carbocycles. The fourth-order valence-electron chi connectivity index (χ4n) is 1.97. The molecule has 0 heterocycles. The zero-order chi connectivity index (χ0) is 15.3. The number of hydrogen-bond acceptors (Lipinski definition) is 3. The summed E-state index contributed by atoms with van der Waals surface area (Å²) < 4.78 is 10.7. The van der Waals surface area contributed by atoms with Gasteiger partial charge in [-0.05, 0) is 24.1 Å². The SMILES string of the molecule is C=CC(=O)OCc1ccc(OCCCCCCCC)cc1. The summed E-state index contributed by atoms with van der Waals surface area (Å²) in [5, 5.41) is 0. The molecule has 3 nitrogen and oxygen atoms in total. The van der Waals surface area contributed by atoms with E-state index < -0.39 is 5.97 Å². The van der Waals surface area contributed by atoms with Gasteiger partial charge in [-0.3, -0.25) is 0 Å². The van der Waals surface area contributed by atoms with Crippen molar-refractivity contribution in [3.8, 4) is 5.75 Å². The largest absolute Gasteiger partial charge is 0.494 e. The van der Waals surface area contributed by atoms with E-state index in [4.69, 9.17) is 9.47 Å². The Bertz CT molecular complexity index is 409. The molecule has 0 aliphatic carbocycles. The second-order valence-electron chi connectivity index (χ2n) is 5.07. The van der Waals surface area contributed by atoms with Gasteiger partial charge in [-0.1, -0.05) is 57.7 Å². The second kappa shape index (κ2) is 11.0. The van der Waals surface area contributed by atoms with Crippen molar-refractivity contribution < 1.29 is 14.3 Å². The fraction of sp³-hybridized carbons (Fsp3) is 0.500. The molecular formula is C18H26O3. The van der Waals surface area contributed by atoms with Gasteiger partial charge in [-0.15, -0.1) is 0 Å². The van der Waals surface area contributed by atoms with Gasteiger partial charge in [0.15, 0.2) is 0 Å². The minimum Gasteiger partial charge on any atom is -0.494 e. The molecule has 0 amide bonds. The lowest BCUT2D eigenvalue weighted by molar-refractivity contribution is -0.138. The highest BCUT2D eigenvalue weighted by Gasteiger charge is 1.99. The Morgan fingerprint density at radius 3 is 2.43 bits per heavy atom. The lowest BCUT2D eigenvalue weighted by Gasteiger charge is -2.07. The van der Waals surface area contributed by atoms with E-state index >= 15 is 0 Å². The Morgan fingerprint density at radius 1 is 1.10 bits per heavy atom. The maximum atomic E-state index is 11.0. The maximum Gasteiger partial charge on any atom is 0.330 e. The van der Waals surface area contributed by atoms with Crippen LogP contribution in [0.25, 0.3) is 0 Å². The molecule has 3 heteroatoms. The molecule has 0 N–H and O–H groups in total. The molecule has 0 aliphatic heterocycles. The predicted molar refractivity (Wildman–Crippen MR) is 85.3 cm³/mol. The van der Waals surface area contributed by atoms with Crippen LogP contribution in [-0.4, -0.2) is 12.6 Å². The van der Waals surface area contributed by atoms with Crippen LogP contribution in [0.3, 0.4) is 0 Å². The molecule has 116 valence electrons. The molecule has 1 rings (SSSR count). The minimum absolute atomic E-state index is 0.266. The number of unbranched alkanes of at least 4 members (excludes halogenated alkanes) is 5. The van der Waals surface area contributed by atoms with Crippen molar-refractivity contribution in [1.82, 2.24) is 0 Å². The van der Waals surface area contributed by atoms with Crippen LogP contribution in [0.2, 0.25) is 0 Å². The van der Waals surface area contributed by atoms with E-state index in [1.165, 1.54) is 32.1 Å². The molecular weight excluding hydrogens is 264 g/mol. The number of carbonyl (C=O) groups is 1.